The quantitative estimate of drug-likeness (QED) is 0.682. The van der Waals surface area contributed by atoms with Crippen LogP contribution in [0.3, 0.4) is 0 Å². The van der Waals surface area contributed by atoms with E-state index in [-0.39, 0.29) is 15.9 Å². The molecular weight excluding hydrogens is 290 g/mol. The van der Waals surface area contributed by atoms with Crippen LogP contribution < -0.4 is 5.56 Å². The summed E-state index contributed by atoms with van der Waals surface area (Å²) in [5.41, 5.74) is -0.355. The van der Waals surface area contributed by atoms with Gasteiger partial charge in [0.15, 0.2) is 5.15 Å². The summed E-state index contributed by atoms with van der Waals surface area (Å²) in [6.45, 7) is 0. The molecule has 10 heavy (non-hydrogen) atoms. The lowest BCUT2D eigenvalue weighted by Gasteiger charge is -1.93. The third-order valence-corrected chi connectivity index (χ3v) is 1.94. The first-order chi connectivity index (χ1) is 4.61. The molecule has 1 aromatic rings. The lowest BCUT2D eigenvalue weighted by molar-refractivity contribution is 1.11. The molecule has 0 atom stereocenters. The normalized spacial score (nSPS) is 9.90. The largest absolute Gasteiger partial charge is 0.297 e. The predicted octanol–water partition coefficient (Wildman–Crippen LogP) is 1.75. The molecule has 1 rings (SSSR count). The first kappa shape index (κ1) is 8.29. The van der Waals surface area contributed by atoms with Crippen LogP contribution in [0.5, 0.6) is 0 Å². The fourth-order valence-electron chi connectivity index (χ4n) is 0.411. The van der Waals surface area contributed by atoms with Crippen molar-refractivity contribution in [1.82, 2.24) is 7.76 Å². The van der Waals surface area contributed by atoms with Crippen LogP contribution in [0, 0.1) is 0 Å². The molecule has 0 fully saturated rings. The smallest absolute Gasteiger partial charge is 0.265 e. The molecule has 0 N–H and O–H groups in total. The van der Waals surface area contributed by atoms with Crippen LogP contribution in [-0.2, 0) is 0 Å². The van der Waals surface area contributed by atoms with Crippen LogP contribution in [-0.4, -0.2) is 7.76 Å². The molecule has 0 aliphatic heterocycles. The summed E-state index contributed by atoms with van der Waals surface area (Å²) in [6, 6.07) is 0. The molecule has 0 unspecified atom stereocenters. The zero-order chi connectivity index (χ0) is 7.72. The van der Waals surface area contributed by atoms with Gasteiger partial charge in [0, 0.05) is 0 Å². The van der Waals surface area contributed by atoms with Gasteiger partial charge in [-0.2, -0.15) is 0 Å². The van der Waals surface area contributed by atoms with Crippen molar-refractivity contribution in [2.45, 2.75) is 0 Å². The van der Waals surface area contributed by atoms with Crippen LogP contribution in [0.4, 0.5) is 0 Å². The SMILES string of the molecule is O=c1c(Cl)nc(Cl)cn1I. The molecule has 0 saturated carbocycles. The zero-order valence-corrected chi connectivity index (χ0v) is 8.18. The Hall–Kier alpha value is 0.190. The fourth-order valence-corrected chi connectivity index (χ4v) is 1.62. The van der Waals surface area contributed by atoms with Gasteiger partial charge >= 0.3 is 0 Å². The molecule has 0 aliphatic carbocycles. The molecule has 0 saturated heterocycles. The number of hydrogen-bond acceptors (Lipinski definition) is 2. The Balaban J connectivity index is 3.46. The molecule has 0 spiro atoms. The molecule has 1 heterocycles. The molecule has 0 radical (unpaired) electrons. The average Bonchev–Trinajstić information content (AvgIpc) is 1.82. The Bertz CT molecular complexity index is 284. The van der Waals surface area contributed by atoms with Gasteiger partial charge < -0.3 is 0 Å². The number of hydrogen-bond donors (Lipinski definition) is 0. The van der Waals surface area contributed by atoms with E-state index in [4.69, 9.17) is 23.2 Å². The Morgan fingerprint density at radius 1 is 1.60 bits per heavy atom. The highest BCUT2D eigenvalue weighted by molar-refractivity contribution is 14.1. The third-order valence-electron chi connectivity index (χ3n) is 0.795. The van der Waals surface area contributed by atoms with Crippen molar-refractivity contribution in [3.63, 3.8) is 0 Å². The minimum atomic E-state index is -0.355. The summed E-state index contributed by atoms with van der Waals surface area (Å²) in [5.74, 6) is 0. The van der Waals surface area contributed by atoms with Crippen molar-refractivity contribution in [2.24, 2.45) is 0 Å². The van der Waals surface area contributed by atoms with Gasteiger partial charge in [-0.15, -0.1) is 0 Å². The molecule has 0 bridgehead atoms. The highest BCUT2D eigenvalue weighted by Crippen LogP contribution is 2.06. The van der Waals surface area contributed by atoms with E-state index in [1.807, 2.05) is 0 Å². The van der Waals surface area contributed by atoms with E-state index in [1.165, 1.54) is 8.98 Å². The highest BCUT2D eigenvalue weighted by Gasteiger charge is 2.01. The summed E-state index contributed by atoms with van der Waals surface area (Å²) >= 11 is 12.6. The van der Waals surface area contributed by atoms with E-state index in [2.05, 4.69) is 4.98 Å². The lowest BCUT2D eigenvalue weighted by Crippen LogP contribution is -2.13. The molecule has 6 heteroatoms. The maximum atomic E-state index is 10.8. The maximum Gasteiger partial charge on any atom is 0.297 e. The van der Waals surface area contributed by atoms with Crippen molar-refractivity contribution in [3.05, 3.63) is 26.9 Å². The molecule has 0 aromatic carbocycles. The monoisotopic (exact) mass is 290 g/mol. The minimum Gasteiger partial charge on any atom is -0.265 e. The van der Waals surface area contributed by atoms with Crippen LogP contribution in [0.25, 0.3) is 0 Å². The predicted molar refractivity (Wildman–Crippen MR) is 47.9 cm³/mol. The van der Waals surface area contributed by atoms with Crippen LogP contribution in [0.2, 0.25) is 10.3 Å². The summed E-state index contributed by atoms with van der Waals surface area (Å²) in [4.78, 5) is 14.3. The van der Waals surface area contributed by atoms with E-state index >= 15 is 0 Å². The van der Waals surface area contributed by atoms with E-state index in [1.54, 1.807) is 22.9 Å². The molecule has 3 nitrogen and oxygen atoms in total. The van der Waals surface area contributed by atoms with Gasteiger partial charge in [-0.25, -0.2) is 4.98 Å². The second-order valence-electron chi connectivity index (χ2n) is 1.47. The van der Waals surface area contributed by atoms with Crippen LogP contribution in [0.15, 0.2) is 11.0 Å². The van der Waals surface area contributed by atoms with Gasteiger partial charge in [-0.3, -0.25) is 7.58 Å². The first-order valence-corrected chi connectivity index (χ1v) is 3.94. The van der Waals surface area contributed by atoms with Gasteiger partial charge in [-0.05, 0) is 0 Å². The van der Waals surface area contributed by atoms with Crippen LogP contribution in [0.1, 0.15) is 0 Å². The van der Waals surface area contributed by atoms with E-state index in [0.717, 1.165) is 0 Å². The van der Waals surface area contributed by atoms with Crippen LogP contribution >= 0.6 is 46.1 Å². The van der Waals surface area contributed by atoms with Crippen molar-refractivity contribution < 1.29 is 0 Å². The topological polar surface area (TPSA) is 34.9 Å². The summed E-state index contributed by atoms with van der Waals surface area (Å²) in [5, 5.41) is 0.0981. The number of halogens is 3. The fraction of sp³-hybridized carbons (Fsp3) is 0. The third kappa shape index (κ3) is 1.62. The Labute approximate surface area is 80.5 Å². The summed E-state index contributed by atoms with van der Waals surface area (Å²) in [7, 11) is 0. The van der Waals surface area contributed by atoms with Gasteiger partial charge in [0.25, 0.3) is 5.56 Å². The molecule has 0 aliphatic rings. The average molecular weight is 291 g/mol. The van der Waals surface area contributed by atoms with Gasteiger partial charge in [-0.1, -0.05) is 23.2 Å². The van der Waals surface area contributed by atoms with E-state index in [9.17, 15) is 4.79 Å². The number of aromatic nitrogens is 2. The standard InChI is InChI=1S/C4HCl2IN2O/c5-2-1-9(7)4(10)3(6)8-2/h1H. The second-order valence-corrected chi connectivity index (χ2v) is 3.26. The van der Waals surface area contributed by atoms with Crippen molar-refractivity contribution in [1.29, 1.82) is 0 Å². The molecular formula is C4HCl2IN2O. The minimum absolute atomic E-state index is 0.109. The van der Waals surface area contributed by atoms with Crippen molar-refractivity contribution in [2.75, 3.05) is 0 Å². The lowest BCUT2D eigenvalue weighted by atomic mass is 10.7. The molecule has 0 amide bonds. The highest BCUT2D eigenvalue weighted by atomic mass is 127. The molecule has 1 aromatic heterocycles. The second kappa shape index (κ2) is 3.06. The summed E-state index contributed by atoms with van der Waals surface area (Å²) < 4.78 is 1.25. The Morgan fingerprint density at radius 3 is 2.70 bits per heavy atom. The maximum absolute atomic E-state index is 10.8. The zero-order valence-electron chi connectivity index (χ0n) is 4.51. The van der Waals surface area contributed by atoms with Gasteiger partial charge in [0.1, 0.15) is 5.15 Å². The first-order valence-electron chi connectivity index (χ1n) is 2.22. The number of rotatable bonds is 0. The van der Waals surface area contributed by atoms with Crippen molar-refractivity contribution >= 4 is 46.1 Å². The van der Waals surface area contributed by atoms with Gasteiger partial charge in [0.05, 0.1) is 29.1 Å². The van der Waals surface area contributed by atoms with Gasteiger partial charge in [0.2, 0.25) is 0 Å². The number of nitrogens with zero attached hydrogens (tertiary/aromatic N) is 2. The van der Waals surface area contributed by atoms with Crippen molar-refractivity contribution in [3.8, 4) is 0 Å². The van der Waals surface area contributed by atoms with E-state index in [0.29, 0.717) is 0 Å². The summed E-state index contributed by atoms with van der Waals surface area (Å²) in [6.07, 6.45) is 1.39. The van der Waals surface area contributed by atoms with E-state index < -0.39 is 0 Å². The Kier molecular flexibility index (Phi) is 2.54. The Morgan fingerprint density at radius 2 is 2.20 bits per heavy atom. The molecule has 54 valence electrons.